The maximum atomic E-state index is 13.5. The number of ether oxygens (including phenoxy) is 1. The van der Waals surface area contributed by atoms with Gasteiger partial charge in [-0.05, 0) is 43.0 Å². The Kier molecular flexibility index (Phi) is 5.84. The maximum absolute atomic E-state index is 13.5. The minimum atomic E-state index is -3.38. The summed E-state index contributed by atoms with van der Waals surface area (Å²) in [4.78, 5) is 11.7. The lowest BCUT2D eigenvalue weighted by Crippen LogP contribution is -2.45. The number of hydrogen-bond acceptors (Lipinski definition) is 4. The predicted octanol–water partition coefficient (Wildman–Crippen LogP) is 2.74. The first kappa shape index (κ1) is 18.0. The quantitative estimate of drug-likeness (QED) is 0.802. The van der Waals surface area contributed by atoms with Gasteiger partial charge < -0.3 is 14.4 Å². The van der Waals surface area contributed by atoms with E-state index in [9.17, 15) is 14.5 Å². The van der Waals surface area contributed by atoms with E-state index in [4.69, 9.17) is 9.26 Å². The predicted molar refractivity (Wildman–Crippen MR) is 88.4 cm³/mol. The Bertz CT molecular complexity index is 587. The molecule has 0 bridgehead atoms. The Labute approximate surface area is 136 Å². The van der Waals surface area contributed by atoms with Crippen LogP contribution in [0.25, 0.3) is 0 Å². The SMILES string of the molecule is COc1ccc(P2(=O)OCCCN2[C@@H](CC(C)C)C(=O)O)cc1. The van der Waals surface area contributed by atoms with E-state index in [-0.39, 0.29) is 5.92 Å². The Morgan fingerprint density at radius 1 is 1.39 bits per heavy atom. The van der Waals surface area contributed by atoms with Crippen LogP contribution in [0.5, 0.6) is 5.75 Å². The highest BCUT2D eigenvalue weighted by Gasteiger charge is 2.43. The third-order valence-corrected chi connectivity index (χ3v) is 6.51. The van der Waals surface area contributed by atoms with Gasteiger partial charge in [0.15, 0.2) is 0 Å². The molecule has 1 aromatic carbocycles. The van der Waals surface area contributed by atoms with E-state index in [2.05, 4.69) is 0 Å². The first-order chi connectivity index (χ1) is 10.9. The summed E-state index contributed by atoms with van der Waals surface area (Å²) in [5.74, 6) is -0.124. The summed E-state index contributed by atoms with van der Waals surface area (Å²) in [6.07, 6.45) is 1.10. The van der Waals surface area contributed by atoms with Crippen molar-refractivity contribution in [1.29, 1.82) is 0 Å². The first-order valence-corrected chi connectivity index (χ1v) is 9.35. The number of rotatable bonds is 6. The lowest BCUT2D eigenvalue weighted by atomic mass is 10.0. The molecule has 1 unspecified atom stereocenters. The molecule has 128 valence electrons. The van der Waals surface area contributed by atoms with Gasteiger partial charge in [-0.15, -0.1) is 0 Å². The van der Waals surface area contributed by atoms with Crippen molar-refractivity contribution in [3.63, 3.8) is 0 Å². The highest BCUT2D eigenvalue weighted by molar-refractivity contribution is 7.64. The smallest absolute Gasteiger partial charge is 0.321 e. The number of aliphatic carboxylic acids is 1. The minimum Gasteiger partial charge on any atom is -0.497 e. The number of carboxylic acid groups (broad SMARTS) is 1. The van der Waals surface area contributed by atoms with Gasteiger partial charge in [0.25, 0.3) is 0 Å². The van der Waals surface area contributed by atoms with Gasteiger partial charge in [-0.1, -0.05) is 13.8 Å². The largest absolute Gasteiger partial charge is 0.497 e. The van der Waals surface area contributed by atoms with E-state index in [1.165, 1.54) is 0 Å². The van der Waals surface area contributed by atoms with E-state index in [1.54, 1.807) is 36.0 Å². The van der Waals surface area contributed by atoms with Crippen molar-refractivity contribution in [1.82, 2.24) is 4.67 Å². The van der Waals surface area contributed by atoms with Gasteiger partial charge in [-0.3, -0.25) is 9.36 Å². The number of carbonyl (C=O) groups is 1. The fourth-order valence-electron chi connectivity index (χ4n) is 2.75. The number of benzene rings is 1. The molecular formula is C16H24NO5P. The molecule has 0 saturated carbocycles. The van der Waals surface area contributed by atoms with E-state index in [0.717, 1.165) is 0 Å². The molecule has 1 heterocycles. The highest BCUT2D eigenvalue weighted by Crippen LogP contribution is 2.54. The van der Waals surface area contributed by atoms with Crippen molar-refractivity contribution < 1.29 is 23.7 Å². The van der Waals surface area contributed by atoms with Crippen molar-refractivity contribution in [2.45, 2.75) is 32.7 Å². The highest BCUT2D eigenvalue weighted by atomic mass is 31.2. The monoisotopic (exact) mass is 341 g/mol. The number of nitrogens with zero attached hydrogens (tertiary/aromatic N) is 1. The van der Waals surface area contributed by atoms with Gasteiger partial charge in [0.05, 0.1) is 19.0 Å². The fraction of sp³-hybridized carbons (Fsp3) is 0.562. The number of methoxy groups -OCH3 is 1. The van der Waals surface area contributed by atoms with Gasteiger partial charge in [-0.2, -0.15) is 0 Å². The second kappa shape index (κ2) is 7.47. The molecule has 1 saturated heterocycles. The lowest BCUT2D eigenvalue weighted by molar-refractivity contribution is -0.142. The Morgan fingerprint density at radius 2 is 2.04 bits per heavy atom. The van der Waals surface area contributed by atoms with Gasteiger partial charge in [-0.25, -0.2) is 4.67 Å². The molecule has 0 aromatic heterocycles. The average Bonchev–Trinajstić information content (AvgIpc) is 2.53. The van der Waals surface area contributed by atoms with E-state index in [1.807, 2.05) is 13.8 Å². The lowest BCUT2D eigenvalue weighted by Gasteiger charge is -2.39. The molecular weight excluding hydrogens is 317 g/mol. The molecule has 0 amide bonds. The molecule has 23 heavy (non-hydrogen) atoms. The summed E-state index contributed by atoms with van der Waals surface area (Å²) < 4.78 is 25.8. The van der Waals surface area contributed by atoms with Crippen molar-refractivity contribution in [3.8, 4) is 5.75 Å². The molecule has 1 N–H and O–H groups in total. The molecule has 6 nitrogen and oxygen atoms in total. The minimum absolute atomic E-state index is 0.183. The standard InChI is InChI=1S/C16H24NO5P/c1-12(2)11-15(16(18)19)17-9-4-10-22-23(17,20)14-7-5-13(21-3)6-8-14/h5-8,12,15H,4,9-11H2,1-3H3,(H,18,19)/t15-,23?/m0/s1. The van der Waals surface area contributed by atoms with Crippen molar-refractivity contribution in [2.24, 2.45) is 5.92 Å². The van der Waals surface area contributed by atoms with E-state index < -0.39 is 19.5 Å². The van der Waals surface area contributed by atoms with E-state index in [0.29, 0.717) is 37.0 Å². The van der Waals surface area contributed by atoms with Crippen LogP contribution in [0, 0.1) is 5.92 Å². The Morgan fingerprint density at radius 3 is 2.57 bits per heavy atom. The van der Waals surface area contributed by atoms with E-state index >= 15 is 0 Å². The Hall–Kier alpha value is -1.36. The zero-order valence-corrected chi connectivity index (χ0v) is 14.7. The maximum Gasteiger partial charge on any atom is 0.321 e. The second-order valence-electron chi connectivity index (χ2n) is 6.05. The van der Waals surface area contributed by atoms with Crippen LogP contribution in [0.3, 0.4) is 0 Å². The average molecular weight is 341 g/mol. The fourth-order valence-corrected chi connectivity index (χ4v) is 5.21. The summed E-state index contributed by atoms with van der Waals surface area (Å²) in [5.41, 5.74) is 0. The van der Waals surface area contributed by atoms with Crippen LogP contribution in [0.4, 0.5) is 0 Å². The van der Waals surface area contributed by atoms with Crippen molar-refractivity contribution >= 4 is 18.8 Å². The zero-order valence-electron chi connectivity index (χ0n) is 13.8. The summed E-state index contributed by atoms with van der Waals surface area (Å²) >= 11 is 0. The van der Waals surface area contributed by atoms with Gasteiger partial charge >= 0.3 is 13.5 Å². The van der Waals surface area contributed by atoms with Crippen LogP contribution >= 0.6 is 7.52 Å². The van der Waals surface area contributed by atoms with Crippen LogP contribution in [-0.2, 0) is 13.9 Å². The second-order valence-corrected chi connectivity index (χ2v) is 8.38. The normalized spacial score (nSPS) is 23.7. The van der Waals surface area contributed by atoms with Crippen LogP contribution in [-0.4, -0.2) is 42.0 Å². The van der Waals surface area contributed by atoms with Crippen LogP contribution in [0.1, 0.15) is 26.7 Å². The summed E-state index contributed by atoms with van der Waals surface area (Å²) in [7, 11) is -1.82. The molecule has 0 spiro atoms. The molecule has 1 aliphatic rings. The van der Waals surface area contributed by atoms with Gasteiger partial charge in [0, 0.05) is 6.54 Å². The zero-order chi connectivity index (χ0) is 17.0. The molecule has 0 radical (unpaired) electrons. The Balaban J connectivity index is 2.38. The first-order valence-electron chi connectivity index (χ1n) is 7.77. The van der Waals surface area contributed by atoms with Crippen molar-refractivity contribution in [3.05, 3.63) is 24.3 Å². The van der Waals surface area contributed by atoms with Gasteiger partial charge in [0.2, 0.25) is 0 Å². The molecule has 2 rings (SSSR count). The molecule has 2 atom stereocenters. The van der Waals surface area contributed by atoms with Crippen molar-refractivity contribution in [2.75, 3.05) is 20.3 Å². The number of carboxylic acids is 1. The molecule has 1 aromatic rings. The molecule has 1 fully saturated rings. The molecule has 7 heteroatoms. The third kappa shape index (κ3) is 3.94. The molecule has 0 aliphatic carbocycles. The van der Waals surface area contributed by atoms with Crippen LogP contribution in [0.2, 0.25) is 0 Å². The summed E-state index contributed by atoms with van der Waals surface area (Å²) in [6, 6.07) is 5.98. The van der Waals surface area contributed by atoms with Gasteiger partial charge in [0.1, 0.15) is 11.8 Å². The summed E-state index contributed by atoms with van der Waals surface area (Å²) in [6.45, 7) is 4.74. The molecule has 1 aliphatic heterocycles. The number of hydrogen-bond donors (Lipinski definition) is 1. The van der Waals surface area contributed by atoms with Crippen LogP contribution < -0.4 is 10.0 Å². The third-order valence-electron chi connectivity index (χ3n) is 3.87. The topological polar surface area (TPSA) is 76.1 Å². The summed E-state index contributed by atoms with van der Waals surface area (Å²) in [5, 5.41) is 10.1. The van der Waals surface area contributed by atoms with Crippen LogP contribution in [0.15, 0.2) is 24.3 Å².